The molecule has 1 aliphatic rings. The van der Waals surface area contributed by atoms with E-state index in [1.54, 1.807) is 0 Å². The molecule has 2 aromatic rings. The van der Waals surface area contributed by atoms with Crippen molar-refractivity contribution >= 4 is 17.6 Å². The fourth-order valence-corrected chi connectivity index (χ4v) is 3.26. The third kappa shape index (κ3) is 2.97. The highest BCUT2D eigenvalue weighted by molar-refractivity contribution is 5.95. The van der Waals surface area contributed by atoms with E-state index in [2.05, 4.69) is 5.32 Å². The number of rotatable bonds is 4. The first-order valence-electron chi connectivity index (χ1n) is 7.66. The van der Waals surface area contributed by atoms with Crippen LogP contribution in [0.5, 0.6) is 0 Å². The Kier molecular flexibility index (Phi) is 3.90. The minimum atomic E-state index is -1.05. The maximum absolute atomic E-state index is 12.4. The van der Waals surface area contributed by atoms with Crippen LogP contribution in [0.15, 0.2) is 48.5 Å². The van der Waals surface area contributed by atoms with Crippen LogP contribution in [0, 0.1) is 12.3 Å². The minimum absolute atomic E-state index is 0.0225. The van der Waals surface area contributed by atoms with Gasteiger partial charge >= 0.3 is 5.97 Å². The molecule has 0 radical (unpaired) electrons. The van der Waals surface area contributed by atoms with Crippen LogP contribution in [0.3, 0.4) is 0 Å². The highest BCUT2D eigenvalue weighted by Gasteiger charge is 2.45. The van der Waals surface area contributed by atoms with Gasteiger partial charge in [-0.3, -0.25) is 9.59 Å². The van der Waals surface area contributed by atoms with E-state index in [9.17, 15) is 14.7 Å². The Morgan fingerprint density at radius 1 is 1.04 bits per heavy atom. The Morgan fingerprint density at radius 2 is 1.61 bits per heavy atom. The van der Waals surface area contributed by atoms with Gasteiger partial charge < -0.3 is 10.4 Å². The van der Waals surface area contributed by atoms with E-state index in [4.69, 9.17) is 0 Å². The first-order valence-corrected chi connectivity index (χ1v) is 7.66. The van der Waals surface area contributed by atoms with Crippen molar-refractivity contribution in [1.82, 2.24) is 0 Å². The van der Waals surface area contributed by atoms with Gasteiger partial charge in [0.15, 0.2) is 0 Å². The predicted molar refractivity (Wildman–Crippen MR) is 88.3 cm³/mol. The number of hydrogen-bond acceptors (Lipinski definition) is 2. The summed E-state index contributed by atoms with van der Waals surface area (Å²) < 4.78 is 0. The van der Waals surface area contributed by atoms with Gasteiger partial charge in [0.05, 0.1) is 5.41 Å². The van der Waals surface area contributed by atoms with Crippen molar-refractivity contribution in [3.05, 3.63) is 65.2 Å². The Bertz CT molecular complexity index is 742. The fraction of sp³-hybridized carbons (Fsp3) is 0.263. The van der Waals surface area contributed by atoms with Crippen molar-refractivity contribution in [2.45, 2.75) is 26.2 Å². The first kappa shape index (κ1) is 15.3. The molecule has 3 rings (SSSR count). The molecule has 2 N–H and O–H groups in total. The van der Waals surface area contributed by atoms with Crippen molar-refractivity contribution in [2.24, 2.45) is 5.41 Å². The van der Waals surface area contributed by atoms with Crippen LogP contribution < -0.4 is 5.32 Å². The van der Waals surface area contributed by atoms with Crippen molar-refractivity contribution in [1.29, 1.82) is 0 Å². The lowest BCUT2D eigenvalue weighted by Gasteiger charge is -2.23. The van der Waals surface area contributed by atoms with Gasteiger partial charge in [0.2, 0.25) is 5.91 Å². The second-order valence-corrected chi connectivity index (χ2v) is 6.25. The number of fused-ring (bicyclic) bond motifs is 1. The third-order valence-corrected chi connectivity index (χ3v) is 4.55. The number of aryl methyl sites for hydroxylation is 1. The summed E-state index contributed by atoms with van der Waals surface area (Å²) in [5.74, 6) is -1.16. The predicted octanol–water partition coefficient (Wildman–Crippen LogP) is 3.19. The van der Waals surface area contributed by atoms with Crippen LogP contribution in [-0.2, 0) is 22.4 Å². The fourth-order valence-electron chi connectivity index (χ4n) is 3.26. The van der Waals surface area contributed by atoms with Crippen molar-refractivity contribution in [2.75, 3.05) is 5.32 Å². The van der Waals surface area contributed by atoms with Crippen LogP contribution in [0.2, 0.25) is 0 Å². The lowest BCUT2D eigenvalue weighted by molar-refractivity contribution is -0.150. The summed E-state index contributed by atoms with van der Waals surface area (Å²) in [5.41, 5.74) is 2.70. The topological polar surface area (TPSA) is 66.4 Å². The molecule has 0 saturated carbocycles. The van der Waals surface area contributed by atoms with Crippen LogP contribution >= 0.6 is 0 Å². The van der Waals surface area contributed by atoms with Gasteiger partial charge in [-0.2, -0.15) is 0 Å². The van der Waals surface area contributed by atoms with Crippen molar-refractivity contribution < 1.29 is 14.7 Å². The quantitative estimate of drug-likeness (QED) is 0.911. The molecule has 0 bridgehead atoms. The van der Waals surface area contributed by atoms with E-state index in [0.29, 0.717) is 12.8 Å². The number of carbonyl (C=O) groups is 2. The molecule has 0 aliphatic heterocycles. The molecule has 2 aromatic carbocycles. The van der Waals surface area contributed by atoms with Crippen molar-refractivity contribution in [3.8, 4) is 0 Å². The number of carboxylic acid groups (broad SMARTS) is 1. The molecule has 1 aliphatic carbocycles. The average molecular weight is 309 g/mol. The maximum Gasteiger partial charge on any atom is 0.310 e. The molecule has 118 valence electrons. The minimum Gasteiger partial charge on any atom is -0.481 e. The van der Waals surface area contributed by atoms with Gasteiger partial charge in [-0.25, -0.2) is 0 Å². The smallest absolute Gasteiger partial charge is 0.310 e. The standard InChI is InChI=1S/C19H19NO3/c1-13-6-2-5-9-16(13)20-17(21)12-19(18(22)23)10-14-7-3-4-8-15(14)11-19/h2-9H,10-12H2,1H3,(H,20,21)(H,22,23). The molecule has 0 atom stereocenters. The van der Waals surface area contributed by atoms with Gasteiger partial charge in [0, 0.05) is 12.1 Å². The Balaban J connectivity index is 1.78. The van der Waals surface area contributed by atoms with E-state index in [-0.39, 0.29) is 12.3 Å². The van der Waals surface area contributed by atoms with Crippen LogP contribution in [0.1, 0.15) is 23.1 Å². The molecule has 1 amide bonds. The van der Waals surface area contributed by atoms with Gasteiger partial charge in [0.25, 0.3) is 0 Å². The highest BCUT2D eigenvalue weighted by Crippen LogP contribution is 2.40. The molecular formula is C19H19NO3. The second kappa shape index (κ2) is 5.88. The number of amides is 1. The van der Waals surface area contributed by atoms with Gasteiger partial charge in [-0.1, -0.05) is 42.5 Å². The van der Waals surface area contributed by atoms with Crippen LogP contribution in [-0.4, -0.2) is 17.0 Å². The molecule has 0 heterocycles. The molecule has 4 heteroatoms. The zero-order valence-corrected chi connectivity index (χ0v) is 13.0. The summed E-state index contributed by atoms with van der Waals surface area (Å²) >= 11 is 0. The molecule has 0 aromatic heterocycles. The monoisotopic (exact) mass is 309 g/mol. The largest absolute Gasteiger partial charge is 0.481 e. The summed E-state index contributed by atoms with van der Waals surface area (Å²) in [5, 5.41) is 12.6. The lowest BCUT2D eigenvalue weighted by Crippen LogP contribution is -2.36. The molecule has 4 nitrogen and oxygen atoms in total. The van der Waals surface area contributed by atoms with E-state index >= 15 is 0 Å². The first-order chi connectivity index (χ1) is 11.0. The number of para-hydroxylation sites is 1. The van der Waals surface area contributed by atoms with E-state index < -0.39 is 11.4 Å². The summed E-state index contributed by atoms with van der Waals surface area (Å²) in [6.45, 7) is 1.91. The molecular weight excluding hydrogens is 290 g/mol. The highest BCUT2D eigenvalue weighted by atomic mass is 16.4. The molecule has 0 saturated heterocycles. The number of carboxylic acids is 1. The third-order valence-electron chi connectivity index (χ3n) is 4.55. The molecule has 23 heavy (non-hydrogen) atoms. The number of aliphatic carboxylic acids is 1. The normalized spacial score (nSPS) is 15.0. The number of nitrogens with one attached hydrogen (secondary N) is 1. The zero-order valence-electron chi connectivity index (χ0n) is 13.0. The Morgan fingerprint density at radius 3 is 2.17 bits per heavy atom. The average Bonchev–Trinajstić information content (AvgIpc) is 2.89. The van der Waals surface area contributed by atoms with Crippen molar-refractivity contribution in [3.63, 3.8) is 0 Å². The zero-order chi connectivity index (χ0) is 16.4. The molecule has 0 spiro atoms. The van der Waals surface area contributed by atoms with E-state index in [1.165, 1.54) is 0 Å². The van der Waals surface area contributed by atoms with E-state index in [0.717, 1.165) is 22.4 Å². The summed E-state index contributed by atoms with van der Waals surface area (Å²) in [7, 11) is 0. The SMILES string of the molecule is Cc1ccccc1NC(=O)CC1(C(=O)O)Cc2ccccc2C1. The Labute approximate surface area is 135 Å². The van der Waals surface area contributed by atoms with Crippen LogP contribution in [0.25, 0.3) is 0 Å². The number of hydrogen-bond donors (Lipinski definition) is 2. The molecule has 0 fully saturated rings. The van der Waals surface area contributed by atoms with Crippen LogP contribution in [0.4, 0.5) is 5.69 Å². The van der Waals surface area contributed by atoms with Gasteiger partial charge in [-0.05, 0) is 42.5 Å². The maximum atomic E-state index is 12.4. The van der Waals surface area contributed by atoms with Gasteiger partial charge in [-0.15, -0.1) is 0 Å². The Hall–Kier alpha value is -2.62. The second-order valence-electron chi connectivity index (χ2n) is 6.25. The summed E-state index contributed by atoms with van der Waals surface area (Å²) in [6.07, 6.45) is 0.782. The van der Waals surface area contributed by atoms with E-state index in [1.807, 2.05) is 55.5 Å². The number of anilines is 1. The number of benzene rings is 2. The number of carbonyl (C=O) groups excluding carboxylic acids is 1. The van der Waals surface area contributed by atoms with Gasteiger partial charge in [0.1, 0.15) is 0 Å². The summed E-state index contributed by atoms with van der Waals surface area (Å²) in [4.78, 5) is 24.3. The summed E-state index contributed by atoms with van der Waals surface area (Å²) in [6, 6.07) is 15.2. The molecule has 0 unspecified atom stereocenters. The lowest BCUT2D eigenvalue weighted by atomic mass is 9.81.